The molecule has 5 aromatic rings. The molecule has 0 bridgehead atoms. The van der Waals surface area contributed by atoms with Gasteiger partial charge in [0.1, 0.15) is 11.3 Å². The molecule has 11 heteroatoms. The highest BCUT2D eigenvalue weighted by molar-refractivity contribution is 9.10. The third-order valence-corrected chi connectivity index (χ3v) is 14.2. The molecule has 5 rings (SSSR count). The highest BCUT2D eigenvalue weighted by Crippen LogP contribution is 2.42. The summed E-state index contributed by atoms with van der Waals surface area (Å²) < 4.78 is 7.96. The van der Waals surface area contributed by atoms with Crippen molar-refractivity contribution in [2.24, 2.45) is 0 Å². The minimum Gasteiger partial charge on any atom is -0.532 e. The van der Waals surface area contributed by atoms with Crippen LogP contribution in [0.4, 0.5) is 15.6 Å². The average Bonchev–Trinajstić information content (AvgIpc) is 3.39. The van der Waals surface area contributed by atoms with Gasteiger partial charge < -0.3 is 14.8 Å². The molecular weight excluding hydrogens is 678 g/mol. The number of carbonyl (C=O) groups excluding carboxylic acids is 1. The fraction of sp³-hybridized carbons (Fsp3) is 0.182. The molecule has 0 radical (unpaired) electrons. The molecule has 0 saturated heterocycles. The molecule has 0 aliphatic heterocycles. The van der Waals surface area contributed by atoms with Gasteiger partial charge >= 0.3 is 14.4 Å². The van der Waals surface area contributed by atoms with E-state index in [2.05, 4.69) is 76.6 Å². The second-order valence-corrected chi connectivity index (χ2v) is 18.1. The van der Waals surface area contributed by atoms with E-state index in [1.807, 2.05) is 54.6 Å². The zero-order valence-electron chi connectivity index (χ0n) is 24.3. The number of carbonyl (C=O) groups is 2. The molecule has 1 unspecified atom stereocenters. The normalized spacial score (nSPS) is 12.5. The van der Waals surface area contributed by atoms with Crippen molar-refractivity contribution in [1.29, 1.82) is 0 Å². The first-order chi connectivity index (χ1) is 21.0. The number of anilines is 2. The van der Waals surface area contributed by atoms with E-state index >= 15 is 0 Å². The molecule has 0 spiro atoms. The Labute approximate surface area is 274 Å². The number of nitrogens with one attached hydrogen (secondary N) is 2. The smallest absolute Gasteiger partial charge is 0.410 e. The minimum absolute atomic E-state index is 0.209. The second kappa shape index (κ2) is 13.1. The molecule has 4 aromatic carbocycles. The van der Waals surface area contributed by atoms with Crippen LogP contribution in [0.3, 0.4) is 0 Å². The maximum absolute atomic E-state index is 13.4. The molecule has 2 amide bonds. The number of carboxylic acid groups (broad SMARTS) is 1. The summed E-state index contributed by atoms with van der Waals surface area (Å²) in [6.45, 7) is 6.51. The predicted octanol–water partition coefficient (Wildman–Crippen LogP) is 7.92. The van der Waals surface area contributed by atoms with Gasteiger partial charge in [0.05, 0.1) is 9.53 Å². The Morgan fingerprint density at radius 2 is 1.55 bits per heavy atom. The second-order valence-electron chi connectivity index (χ2n) is 11.3. The lowest BCUT2D eigenvalue weighted by Crippen LogP contribution is -2.68. The number of aromatic nitrogens is 1. The number of benzene rings is 4. The van der Waals surface area contributed by atoms with Crippen molar-refractivity contribution in [1.82, 2.24) is 4.98 Å². The Bertz CT molecular complexity index is 1760. The number of thiazole rings is 1. The quantitative estimate of drug-likeness (QED) is 0.107. The van der Waals surface area contributed by atoms with Crippen LogP contribution in [0, 0.1) is 0 Å². The molecule has 226 valence electrons. The Hall–Kier alpha value is -3.70. The number of amides is 2. The highest BCUT2D eigenvalue weighted by Gasteiger charge is 2.52. The molecule has 0 aliphatic carbocycles. The fourth-order valence-electron chi connectivity index (χ4n) is 5.28. The van der Waals surface area contributed by atoms with Crippen molar-refractivity contribution in [2.75, 3.05) is 10.6 Å². The van der Waals surface area contributed by atoms with Crippen LogP contribution in [0.1, 0.15) is 26.3 Å². The monoisotopic (exact) mass is 707 g/mol. The van der Waals surface area contributed by atoms with E-state index in [0.717, 1.165) is 15.9 Å². The number of halogens is 2. The van der Waals surface area contributed by atoms with E-state index in [0.29, 0.717) is 33.1 Å². The van der Waals surface area contributed by atoms with Gasteiger partial charge in [-0.15, -0.1) is 0 Å². The summed E-state index contributed by atoms with van der Waals surface area (Å²) in [5.41, 5.74) is 1.87. The SMILES string of the molecule is CC(C)(C)[Si](Oc1cc(NC(=O)C(Br)Cc2ccccc2Cl)cc2sc(NC(=O)O)nc12)(c1ccccc1)c1ccccc1. The molecule has 44 heavy (non-hydrogen) atoms. The zero-order chi connectivity index (χ0) is 31.5. The summed E-state index contributed by atoms with van der Waals surface area (Å²) in [5, 5.41) is 17.4. The van der Waals surface area contributed by atoms with Gasteiger partial charge in [0.2, 0.25) is 5.91 Å². The van der Waals surface area contributed by atoms with Crippen molar-refractivity contribution in [2.45, 2.75) is 37.1 Å². The van der Waals surface area contributed by atoms with Gasteiger partial charge in [-0.1, -0.05) is 139 Å². The Morgan fingerprint density at radius 3 is 2.11 bits per heavy atom. The van der Waals surface area contributed by atoms with Gasteiger partial charge in [-0.2, -0.15) is 0 Å². The third kappa shape index (κ3) is 6.68. The number of nitrogens with zero attached hydrogens (tertiary/aromatic N) is 1. The first-order valence-corrected chi connectivity index (χ1v) is 17.9. The number of hydrogen-bond donors (Lipinski definition) is 3. The maximum Gasteiger partial charge on any atom is 0.410 e. The molecule has 7 nitrogen and oxygen atoms in total. The largest absolute Gasteiger partial charge is 0.532 e. The summed E-state index contributed by atoms with van der Waals surface area (Å²) in [4.78, 5) is 28.9. The summed E-state index contributed by atoms with van der Waals surface area (Å²) >= 11 is 11.0. The highest BCUT2D eigenvalue weighted by atomic mass is 79.9. The standard InChI is InChI=1S/C33H31BrClN3O4SSi/c1-33(2,3)44(23-13-6-4-7-14-23,24-15-8-5-9-16-24)42-27-19-22(20-28-29(27)37-31(43-28)38-32(40)41)36-30(39)25(34)18-21-12-10-11-17-26(21)35/h4-17,19-20,25H,18H2,1-3H3,(H,36,39)(H,37,38)(H,40,41). The molecule has 0 fully saturated rings. The molecule has 1 heterocycles. The van der Waals surface area contributed by atoms with E-state index in [9.17, 15) is 14.7 Å². The van der Waals surface area contributed by atoms with Crippen molar-refractivity contribution in [3.05, 3.63) is 108 Å². The van der Waals surface area contributed by atoms with E-state index in [1.54, 1.807) is 18.2 Å². The van der Waals surface area contributed by atoms with Crippen molar-refractivity contribution < 1.29 is 19.1 Å². The predicted molar refractivity (Wildman–Crippen MR) is 186 cm³/mol. The minimum atomic E-state index is -3.08. The fourth-order valence-corrected chi connectivity index (χ4v) is 11.3. The Morgan fingerprint density at radius 1 is 0.955 bits per heavy atom. The third-order valence-electron chi connectivity index (χ3n) is 7.26. The van der Waals surface area contributed by atoms with E-state index in [-0.39, 0.29) is 16.1 Å². The summed E-state index contributed by atoms with van der Waals surface area (Å²) in [6.07, 6.45) is -0.819. The molecule has 0 saturated carbocycles. The van der Waals surface area contributed by atoms with E-state index in [4.69, 9.17) is 16.0 Å². The van der Waals surface area contributed by atoms with E-state index in [1.165, 1.54) is 11.3 Å². The van der Waals surface area contributed by atoms with Crippen LogP contribution in [0.15, 0.2) is 97.1 Å². The van der Waals surface area contributed by atoms with Gasteiger partial charge in [-0.25, -0.2) is 9.78 Å². The van der Waals surface area contributed by atoms with Crippen LogP contribution >= 0.6 is 38.9 Å². The number of hydrogen-bond acceptors (Lipinski definition) is 5. The summed E-state index contributed by atoms with van der Waals surface area (Å²) in [6, 6.07) is 31.3. The lowest BCUT2D eigenvalue weighted by Gasteiger charge is -2.43. The van der Waals surface area contributed by atoms with Crippen LogP contribution in [0.25, 0.3) is 10.2 Å². The van der Waals surface area contributed by atoms with Crippen molar-refractivity contribution in [3.63, 3.8) is 0 Å². The maximum atomic E-state index is 13.4. The topological polar surface area (TPSA) is 101 Å². The van der Waals surface area contributed by atoms with Gasteiger partial charge in [0, 0.05) is 16.8 Å². The molecule has 3 N–H and O–H groups in total. The van der Waals surface area contributed by atoms with Gasteiger partial charge in [-0.05, 0) is 39.5 Å². The van der Waals surface area contributed by atoms with E-state index < -0.39 is 19.2 Å². The summed E-state index contributed by atoms with van der Waals surface area (Å²) in [7, 11) is -3.08. The number of rotatable bonds is 9. The van der Waals surface area contributed by atoms with Gasteiger partial charge in [-0.3, -0.25) is 10.1 Å². The van der Waals surface area contributed by atoms with Crippen LogP contribution in [0.5, 0.6) is 5.75 Å². The van der Waals surface area contributed by atoms with Crippen LogP contribution in [0.2, 0.25) is 10.1 Å². The van der Waals surface area contributed by atoms with Crippen LogP contribution < -0.4 is 25.4 Å². The molecule has 0 aliphatic rings. The van der Waals surface area contributed by atoms with Gasteiger partial charge in [0.15, 0.2) is 5.13 Å². The number of alkyl halides is 1. The molecule has 1 atom stereocenters. The summed E-state index contributed by atoms with van der Waals surface area (Å²) in [5.74, 6) is 0.202. The first-order valence-electron chi connectivity index (χ1n) is 13.9. The Kier molecular flexibility index (Phi) is 9.45. The number of fused-ring (bicyclic) bond motifs is 1. The first kappa shape index (κ1) is 31.7. The lowest BCUT2D eigenvalue weighted by atomic mass is 10.1. The molecular formula is C33H31BrClN3O4SSi. The van der Waals surface area contributed by atoms with Gasteiger partial charge in [0.25, 0.3) is 0 Å². The molecule has 1 aromatic heterocycles. The lowest BCUT2D eigenvalue weighted by molar-refractivity contribution is -0.115. The van der Waals surface area contributed by atoms with Crippen LogP contribution in [-0.4, -0.2) is 35.2 Å². The average molecular weight is 709 g/mol. The zero-order valence-corrected chi connectivity index (χ0v) is 28.5. The van der Waals surface area contributed by atoms with Crippen LogP contribution in [-0.2, 0) is 11.2 Å². The Balaban J connectivity index is 1.62. The van der Waals surface area contributed by atoms with Crippen molar-refractivity contribution >= 4 is 90.6 Å². The van der Waals surface area contributed by atoms with Crippen molar-refractivity contribution in [3.8, 4) is 5.75 Å².